The van der Waals surface area contributed by atoms with Crippen molar-refractivity contribution in [2.75, 3.05) is 0 Å². The minimum atomic E-state index is -0.536. The van der Waals surface area contributed by atoms with Crippen molar-refractivity contribution in [1.29, 1.82) is 0 Å². The molecule has 0 saturated heterocycles. The smallest absolute Gasteiger partial charge is 0.347 e. The summed E-state index contributed by atoms with van der Waals surface area (Å²) in [5.74, 6) is 0.356. The van der Waals surface area contributed by atoms with Crippen LogP contribution in [0.2, 0.25) is 0 Å². The van der Waals surface area contributed by atoms with Gasteiger partial charge in [0, 0.05) is 0 Å². The van der Waals surface area contributed by atoms with Gasteiger partial charge in [-0.1, -0.05) is 57.4 Å². The second kappa shape index (κ2) is 9.11. The van der Waals surface area contributed by atoms with Crippen LogP contribution in [0.25, 0.3) is 0 Å². The highest BCUT2D eigenvalue weighted by atomic mass is 16.5. The van der Waals surface area contributed by atoms with E-state index >= 15 is 0 Å². The van der Waals surface area contributed by atoms with Crippen LogP contribution < -0.4 is 4.74 Å². The quantitative estimate of drug-likeness (QED) is 0.501. The summed E-state index contributed by atoms with van der Waals surface area (Å²) in [6, 6.07) is 14.2. The number of hydrogen-bond donors (Lipinski definition) is 1. The molecule has 1 N–H and O–H groups in total. The van der Waals surface area contributed by atoms with Crippen LogP contribution >= 0.6 is 0 Å². The number of benzene rings is 2. The van der Waals surface area contributed by atoms with Crippen molar-refractivity contribution < 1.29 is 14.6 Å². The number of aromatic hydroxyl groups is 1. The van der Waals surface area contributed by atoms with Gasteiger partial charge >= 0.3 is 5.97 Å². The first kappa shape index (κ1) is 18.1. The number of unbranched alkanes of at least 4 members (excludes halogenated alkanes) is 1. The van der Waals surface area contributed by atoms with Crippen LogP contribution in [0.5, 0.6) is 11.5 Å². The molecule has 0 fully saturated rings. The number of hydrogen-bond acceptors (Lipinski definition) is 3. The molecule has 0 saturated carbocycles. The van der Waals surface area contributed by atoms with Crippen LogP contribution in [0.3, 0.4) is 0 Å². The zero-order valence-corrected chi connectivity index (χ0v) is 14.5. The lowest BCUT2D eigenvalue weighted by Gasteiger charge is -2.17. The molecule has 0 amide bonds. The molecule has 0 aliphatic heterocycles. The molecule has 0 aromatic heterocycles. The highest BCUT2D eigenvalue weighted by Gasteiger charge is 2.17. The Morgan fingerprint density at radius 1 is 1.04 bits per heavy atom. The summed E-state index contributed by atoms with van der Waals surface area (Å²) in [6.07, 6.45) is 5.63. The standard InChI is InChI=1S/C21H26O3/c1-3-5-10-16(9-4-2)17-13-14-19(20(22)15-17)21(23)24-18-11-7-6-8-12-18/h6-8,11-16,22H,3-5,9-10H2,1-2H3. The van der Waals surface area contributed by atoms with Gasteiger partial charge < -0.3 is 9.84 Å². The van der Waals surface area contributed by atoms with Gasteiger partial charge in [-0.3, -0.25) is 0 Å². The maximum absolute atomic E-state index is 12.2. The summed E-state index contributed by atoms with van der Waals surface area (Å²) < 4.78 is 5.30. The zero-order valence-electron chi connectivity index (χ0n) is 14.5. The molecule has 1 atom stereocenters. The van der Waals surface area contributed by atoms with E-state index in [0.29, 0.717) is 11.7 Å². The van der Waals surface area contributed by atoms with Gasteiger partial charge in [0.05, 0.1) is 0 Å². The monoisotopic (exact) mass is 326 g/mol. The van der Waals surface area contributed by atoms with Crippen molar-refractivity contribution in [2.45, 2.75) is 51.9 Å². The van der Waals surface area contributed by atoms with Gasteiger partial charge in [0.2, 0.25) is 0 Å². The summed E-state index contributed by atoms with van der Waals surface area (Å²) in [7, 11) is 0. The maximum Gasteiger partial charge on any atom is 0.347 e. The molecule has 24 heavy (non-hydrogen) atoms. The summed E-state index contributed by atoms with van der Waals surface area (Å²) in [4.78, 5) is 12.2. The normalized spacial score (nSPS) is 11.9. The van der Waals surface area contributed by atoms with E-state index in [2.05, 4.69) is 13.8 Å². The summed E-state index contributed by atoms with van der Waals surface area (Å²) >= 11 is 0. The number of phenols is 1. The average Bonchev–Trinajstić information content (AvgIpc) is 2.59. The molecule has 0 aliphatic carbocycles. The van der Waals surface area contributed by atoms with Gasteiger partial charge in [-0.25, -0.2) is 4.79 Å². The topological polar surface area (TPSA) is 46.5 Å². The number of carbonyl (C=O) groups is 1. The Kier molecular flexibility index (Phi) is 6.86. The zero-order chi connectivity index (χ0) is 17.4. The van der Waals surface area contributed by atoms with Crippen LogP contribution in [0.15, 0.2) is 48.5 Å². The molecule has 3 heteroatoms. The van der Waals surface area contributed by atoms with Crippen LogP contribution in [-0.2, 0) is 0 Å². The first-order valence-corrected chi connectivity index (χ1v) is 8.75. The Labute approximate surface area is 144 Å². The van der Waals surface area contributed by atoms with Gasteiger partial charge in [-0.15, -0.1) is 0 Å². The fourth-order valence-electron chi connectivity index (χ4n) is 2.90. The van der Waals surface area contributed by atoms with Crippen molar-refractivity contribution in [1.82, 2.24) is 0 Å². The molecule has 3 nitrogen and oxygen atoms in total. The number of carbonyl (C=O) groups excluding carboxylic acids is 1. The highest BCUT2D eigenvalue weighted by molar-refractivity contribution is 5.93. The number of esters is 1. The number of para-hydroxylation sites is 1. The number of rotatable bonds is 8. The molecule has 0 heterocycles. The minimum Gasteiger partial charge on any atom is -0.507 e. The second-order valence-electron chi connectivity index (χ2n) is 6.11. The van der Waals surface area contributed by atoms with Gasteiger partial charge in [0.1, 0.15) is 17.1 Å². The molecule has 0 spiro atoms. The fraction of sp³-hybridized carbons (Fsp3) is 0.381. The summed E-state index contributed by atoms with van der Waals surface area (Å²) in [6.45, 7) is 4.35. The van der Waals surface area contributed by atoms with Gasteiger partial charge in [0.15, 0.2) is 0 Å². The lowest BCUT2D eigenvalue weighted by Crippen LogP contribution is -2.09. The average molecular weight is 326 g/mol. The highest BCUT2D eigenvalue weighted by Crippen LogP contribution is 2.31. The Morgan fingerprint density at radius 2 is 1.79 bits per heavy atom. The van der Waals surface area contributed by atoms with Crippen LogP contribution in [0, 0.1) is 0 Å². The third-order valence-electron chi connectivity index (χ3n) is 4.21. The Balaban J connectivity index is 2.14. The number of phenolic OH excluding ortho intramolecular Hbond substituents is 1. The molecule has 0 bridgehead atoms. The summed E-state index contributed by atoms with van der Waals surface area (Å²) in [5, 5.41) is 10.3. The first-order valence-electron chi connectivity index (χ1n) is 8.75. The van der Waals surface area contributed by atoms with Gasteiger partial charge in [-0.05, 0) is 48.6 Å². The van der Waals surface area contributed by atoms with Crippen LogP contribution in [-0.4, -0.2) is 11.1 Å². The van der Waals surface area contributed by atoms with Crippen molar-refractivity contribution in [3.8, 4) is 11.5 Å². The number of ether oxygens (including phenoxy) is 1. The lowest BCUT2D eigenvalue weighted by atomic mass is 9.89. The van der Waals surface area contributed by atoms with E-state index in [9.17, 15) is 9.90 Å². The van der Waals surface area contributed by atoms with Crippen molar-refractivity contribution >= 4 is 5.97 Å². The Morgan fingerprint density at radius 3 is 2.42 bits per heavy atom. The third kappa shape index (κ3) is 4.85. The van der Waals surface area contributed by atoms with E-state index in [-0.39, 0.29) is 11.3 Å². The Hall–Kier alpha value is -2.29. The predicted molar refractivity (Wildman–Crippen MR) is 96.7 cm³/mol. The molecule has 0 radical (unpaired) electrons. The first-order chi connectivity index (χ1) is 11.7. The molecular formula is C21H26O3. The van der Waals surface area contributed by atoms with Gasteiger partial charge in [-0.2, -0.15) is 0 Å². The van der Waals surface area contributed by atoms with E-state index in [4.69, 9.17) is 4.74 Å². The fourth-order valence-corrected chi connectivity index (χ4v) is 2.90. The second-order valence-corrected chi connectivity index (χ2v) is 6.11. The maximum atomic E-state index is 12.2. The molecule has 2 aromatic carbocycles. The van der Waals surface area contributed by atoms with E-state index in [1.807, 2.05) is 12.1 Å². The van der Waals surface area contributed by atoms with Crippen molar-refractivity contribution in [3.05, 3.63) is 59.7 Å². The molecule has 128 valence electrons. The minimum absolute atomic E-state index is 0.00830. The molecular weight excluding hydrogens is 300 g/mol. The van der Waals surface area contributed by atoms with E-state index < -0.39 is 5.97 Å². The lowest BCUT2D eigenvalue weighted by molar-refractivity contribution is 0.0731. The molecule has 1 unspecified atom stereocenters. The molecule has 2 rings (SSSR count). The van der Waals surface area contributed by atoms with E-state index in [1.165, 1.54) is 6.42 Å². The largest absolute Gasteiger partial charge is 0.507 e. The van der Waals surface area contributed by atoms with Crippen LogP contribution in [0.1, 0.15) is 67.8 Å². The molecule has 2 aromatic rings. The van der Waals surface area contributed by atoms with Crippen LogP contribution in [0.4, 0.5) is 0 Å². The third-order valence-corrected chi connectivity index (χ3v) is 4.21. The van der Waals surface area contributed by atoms with E-state index in [0.717, 1.165) is 31.2 Å². The van der Waals surface area contributed by atoms with E-state index in [1.54, 1.807) is 36.4 Å². The Bertz CT molecular complexity index is 649. The summed E-state index contributed by atoms with van der Waals surface area (Å²) in [5.41, 5.74) is 1.30. The SMILES string of the molecule is CCCCC(CCC)c1ccc(C(=O)Oc2ccccc2)c(O)c1. The predicted octanol–water partition coefficient (Wildman–Crippen LogP) is 5.69. The van der Waals surface area contributed by atoms with Crippen molar-refractivity contribution in [2.24, 2.45) is 0 Å². The van der Waals surface area contributed by atoms with Gasteiger partial charge in [0.25, 0.3) is 0 Å². The van der Waals surface area contributed by atoms with Crippen molar-refractivity contribution in [3.63, 3.8) is 0 Å². The molecule has 0 aliphatic rings.